The van der Waals surface area contributed by atoms with Crippen molar-refractivity contribution in [2.45, 2.75) is 225 Å². The quantitative estimate of drug-likeness (QED) is 0.0205. The lowest BCUT2D eigenvalue weighted by Gasteiger charge is -2.18. The summed E-state index contributed by atoms with van der Waals surface area (Å²) in [6.45, 7) is 5.88. The second-order valence-electron chi connectivity index (χ2n) is 15.2. The van der Waals surface area contributed by atoms with Crippen LogP contribution in [0, 0.1) is 5.92 Å². The Morgan fingerprint density at radius 3 is 1.60 bits per heavy atom. The van der Waals surface area contributed by atoms with E-state index in [4.69, 9.17) is 19.3 Å². The zero-order chi connectivity index (χ0) is 39.4. The van der Waals surface area contributed by atoms with Gasteiger partial charge in [-0.2, -0.15) is 0 Å². The Hall–Kier alpha value is -1.29. The van der Waals surface area contributed by atoms with Crippen LogP contribution in [0.3, 0.4) is 0 Å². The Kier molecular flexibility index (Phi) is 35.5. The molecule has 0 aromatic carbocycles. The third-order valence-corrected chi connectivity index (χ3v) is 10.5. The second kappa shape index (κ2) is 36.4. The fourth-order valence-corrected chi connectivity index (χ4v) is 6.62. The monoisotopic (exact) mass is 777 g/mol. The number of hydrogen-bond acceptors (Lipinski definition) is 8. The van der Waals surface area contributed by atoms with Crippen LogP contribution >= 0.6 is 7.82 Å². The summed E-state index contributed by atoms with van der Waals surface area (Å²) < 4.78 is 26.3. The molecule has 0 saturated carbocycles. The van der Waals surface area contributed by atoms with E-state index in [1.165, 1.54) is 89.9 Å². The first-order chi connectivity index (χ1) is 25.5. The average molecular weight is 777 g/mol. The molecular weight excluding hydrogens is 695 g/mol. The summed E-state index contributed by atoms with van der Waals surface area (Å²) in [5.74, 6) is -0.115. The molecule has 0 aliphatic carbocycles. The van der Waals surface area contributed by atoms with E-state index < -0.39 is 44.7 Å². The molecule has 53 heavy (non-hydrogen) atoms. The number of rotatable bonds is 39. The maximum atomic E-state index is 12.4. The van der Waals surface area contributed by atoms with Gasteiger partial charge in [0, 0.05) is 12.8 Å². The summed E-state index contributed by atoms with van der Waals surface area (Å²) in [5, 5.41) is 20.3. The van der Waals surface area contributed by atoms with Crippen LogP contribution in [0.4, 0.5) is 0 Å². The van der Waals surface area contributed by atoms with E-state index in [9.17, 15) is 24.4 Å². The van der Waals surface area contributed by atoms with Crippen LogP contribution in [0.25, 0.3) is 0 Å². The van der Waals surface area contributed by atoms with Crippen LogP contribution < -0.4 is 0 Å². The van der Waals surface area contributed by atoms with Crippen LogP contribution in [0.2, 0.25) is 0 Å². The normalized spacial score (nSPS) is 14.3. The molecule has 0 amide bonds. The van der Waals surface area contributed by atoms with E-state index in [1.54, 1.807) is 0 Å². The minimum absolute atomic E-state index is 0.171. The second-order valence-corrected chi connectivity index (χ2v) is 16.5. The Balaban J connectivity index is 4.00. The smallest absolute Gasteiger partial charge is 0.462 e. The summed E-state index contributed by atoms with van der Waals surface area (Å²) in [7, 11) is -4.79. The number of allylic oxidation sites excluding steroid dienone is 1. The minimum atomic E-state index is -4.79. The van der Waals surface area contributed by atoms with Crippen molar-refractivity contribution in [2.75, 3.05) is 13.2 Å². The number of ether oxygens (including phenoxy) is 2. The van der Waals surface area contributed by atoms with Gasteiger partial charge in [-0.1, -0.05) is 168 Å². The molecular formula is C42H81O10P. The molecule has 0 aromatic heterocycles. The molecule has 0 saturated heterocycles. The standard InChI is InChI=1S/C42H81O10P/c1-4-6-7-8-21-26-31-39(43)40(44)32-27-22-19-24-28-33-41(45)50-35-38(36-51-53(47,48)49)52-42(46)34-29-23-18-16-14-12-10-9-11-13-15-17-20-25-30-37(3)5-2/h21,26,37-40,43-44H,4-20,22-25,27-36H2,1-3H3,(H2,47,48,49)/b26-21-/t37?,38-,39-,40-/m1/s1. The van der Waals surface area contributed by atoms with Crippen molar-refractivity contribution in [1.82, 2.24) is 0 Å². The van der Waals surface area contributed by atoms with E-state index in [-0.39, 0.29) is 19.4 Å². The summed E-state index contributed by atoms with van der Waals surface area (Å²) in [6, 6.07) is 0. The molecule has 314 valence electrons. The summed E-state index contributed by atoms with van der Waals surface area (Å²) in [5.41, 5.74) is 0. The van der Waals surface area contributed by atoms with Gasteiger partial charge in [0.2, 0.25) is 0 Å². The van der Waals surface area contributed by atoms with Gasteiger partial charge in [0.25, 0.3) is 0 Å². The Morgan fingerprint density at radius 2 is 1.09 bits per heavy atom. The number of carbonyl (C=O) groups is 2. The SMILES string of the molecule is CCCCC/C=C\C[C@@H](O)[C@H](O)CCCCCCCC(=O)OC[C@H](COP(=O)(O)O)OC(=O)CCCCCCCCCCCCCCCCC(C)CC. The van der Waals surface area contributed by atoms with Gasteiger partial charge in [-0.25, -0.2) is 4.57 Å². The lowest BCUT2D eigenvalue weighted by Crippen LogP contribution is -2.29. The molecule has 0 rings (SSSR count). The van der Waals surface area contributed by atoms with E-state index in [0.29, 0.717) is 25.7 Å². The molecule has 0 bridgehead atoms. The largest absolute Gasteiger partial charge is 0.469 e. The van der Waals surface area contributed by atoms with Crippen molar-refractivity contribution >= 4 is 19.8 Å². The molecule has 0 aliphatic rings. The number of unbranched alkanes of at least 4 members (excludes halogenated alkanes) is 20. The first-order valence-corrected chi connectivity index (χ1v) is 23.1. The van der Waals surface area contributed by atoms with E-state index in [1.807, 2.05) is 6.08 Å². The van der Waals surface area contributed by atoms with Crippen molar-refractivity contribution in [1.29, 1.82) is 0 Å². The Bertz CT molecular complexity index is 924. The van der Waals surface area contributed by atoms with Gasteiger partial charge >= 0.3 is 19.8 Å². The molecule has 11 heteroatoms. The average Bonchev–Trinajstić information content (AvgIpc) is 3.12. The van der Waals surface area contributed by atoms with Crippen LogP contribution in [0.15, 0.2) is 12.2 Å². The minimum Gasteiger partial charge on any atom is -0.462 e. The van der Waals surface area contributed by atoms with Crippen molar-refractivity contribution in [2.24, 2.45) is 5.92 Å². The molecule has 10 nitrogen and oxygen atoms in total. The van der Waals surface area contributed by atoms with E-state index in [2.05, 4.69) is 31.4 Å². The molecule has 1 unspecified atom stereocenters. The van der Waals surface area contributed by atoms with Gasteiger partial charge in [-0.05, 0) is 44.4 Å². The number of phosphoric acid groups is 1. The molecule has 4 atom stereocenters. The van der Waals surface area contributed by atoms with Crippen molar-refractivity contribution in [3.63, 3.8) is 0 Å². The van der Waals surface area contributed by atoms with Crippen LogP contribution in [0.5, 0.6) is 0 Å². The molecule has 0 heterocycles. The van der Waals surface area contributed by atoms with Crippen molar-refractivity contribution in [3.8, 4) is 0 Å². The molecule has 0 aromatic rings. The van der Waals surface area contributed by atoms with E-state index >= 15 is 0 Å². The predicted molar refractivity (Wildman–Crippen MR) is 214 cm³/mol. The molecule has 0 radical (unpaired) electrons. The summed E-state index contributed by atoms with van der Waals surface area (Å²) in [6.07, 6.45) is 30.9. The molecule has 4 N–H and O–H groups in total. The predicted octanol–water partition coefficient (Wildman–Crippen LogP) is 10.8. The van der Waals surface area contributed by atoms with E-state index in [0.717, 1.165) is 63.7 Å². The first-order valence-electron chi connectivity index (χ1n) is 21.5. The number of aliphatic hydroxyl groups is 2. The zero-order valence-corrected chi connectivity index (χ0v) is 35.0. The lowest BCUT2D eigenvalue weighted by atomic mass is 9.99. The number of carbonyl (C=O) groups excluding carboxylic acids is 2. The fraction of sp³-hybridized carbons (Fsp3) is 0.905. The maximum absolute atomic E-state index is 12.4. The summed E-state index contributed by atoms with van der Waals surface area (Å²) in [4.78, 5) is 42.9. The number of esters is 2. The third-order valence-electron chi connectivity index (χ3n) is 10.0. The Labute approximate surface area is 323 Å². The lowest BCUT2D eigenvalue weighted by molar-refractivity contribution is -0.161. The van der Waals surface area contributed by atoms with Crippen LogP contribution in [-0.4, -0.2) is 63.5 Å². The highest BCUT2D eigenvalue weighted by Gasteiger charge is 2.23. The highest BCUT2D eigenvalue weighted by molar-refractivity contribution is 7.46. The first kappa shape index (κ1) is 51.7. The van der Waals surface area contributed by atoms with Gasteiger partial charge in [-0.3, -0.25) is 14.1 Å². The van der Waals surface area contributed by atoms with Gasteiger partial charge in [0.05, 0.1) is 18.8 Å². The zero-order valence-electron chi connectivity index (χ0n) is 34.1. The van der Waals surface area contributed by atoms with Gasteiger partial charge in [0.1, 0.15) is 6.61 Å². The summed E-state index contributed by atoms with van der Waals surface area (Å²) >= 11 is 0. The molecule has 0 fully saturated rings. The van der Waals surface area contributed by atoms with Crippen LogP contribution in [0.1, 0.15) is 207 Å². The number of hydrogen-bond donors (Lipinski definition) is 4. The van der Waals surface area contributed by atoms with Crippen molar-refractivity contribution < 1.29 is 48.2 Å². The van der Waals surface area contributed by atoms with Gasteiger partial charge in [0.15, 0.2) is 6.10 Å². The number of phosphoric ester groups is 1. The maximum Gasteiger partial charge on any atom is 0.469 e. The highest BCUT2D eigenvalue weighted by atomic mass is 31.2. The molecule has 0 spiro atoms. The highest BCUT2D eigenvalue weighted by Crippen LogP contribution is 2.36. The Morgan fingerprint density at radius 1 is 0.604 bits per heavy atom. The van der Waals surface area contributed by atoms with Gasteiger partial charge < -0.3 is 29.5 Å². The topological polar surface area (TPSA) is 160 Å². The third kappa shape index (κ3) is 37.4. The number of aliphatic hydroxyl groups excluding tert-OH is 2. The van der Waals surface area contributed by atoms with Gasteiger partial charge in [-0.15, -0.1) is 0 Å². The fourth-order valence-electron chi connectivity index (χ4n) is 6.26. The van der Waals surface area contributed by atoms with Crippen molar-refractivity contribution in [3.05, 3.63) is 12.2 Å². The molecule has 0 aliphatic heterocycles. The van der Waals surface area contributed by atoms with Crippen LogP contribution in [-0.2, 0) is 28.2 Å².